The fraction of sp³-hybridized carbons (Fsp3) is 0.0769. The molecule has 0 unspecified atom stereocenters. The van der Waals surface area contributed by atoms with Crippen LogP contribution in [0.25, 0.3) is 0 Å². The Morgan fingerprint density at radius 2 is 1.95 bits per heavy atom. The van der Waals surface area contributed by atoms with E-state index in [4.69, 9.17) is 0 Å². The van der Waals surface area contributed by atoms with Crippen molar-refractivity contribution in [3.63, 3.8) is 0 Å². The van der Waals surface area contributed by atoms with Gasteiger partial charge in [-0.1, -0.05) is 6.07 Å². The Labute approximate surface area is 111 Å². The second-order valence-electron chi connectivity index (χ2n) is 3.98. The summed E-state index contributed by atoms with van der Waals surface area (Å²) in [6.45, 7) is 0. The van der Waals surface area contributed by atoms with E-state index in [0.717, 1.165) is 12.1 Å². The van der Waals surface area contributed by atoms with Crippen LogP contribution >= 0.6 is 0 Å². The number of aromatic amines is 1. The summed E-state index contributed by atoms with van der Waals surface area (Å²) < 4.78 is 37.6. The van der Waals surface area contributed by atoms with Crippen LogP contribution in [0.2, 0.25) is 0 Å². The SMILES string of the molecule is O=Cc1ccc(C(=O)Nc2cccc(C(F)(F)F)c2)[nH]1. The topological polar surface area (TPSA) is 62.0 Å². The van der Waals surface area contributed by atoms with Crippen molar-refractivity contribution in [3.8, 4) is 0 Å². The fourth-order valence-electron chi connectivity index (χ4n) is 1.58. The van der Waals surface area contributed by atoms with Crippen molar-refractivity contribution in [1.82, 2.24) is 4.98 Å². The second-order valence-corrected chi connectivity index (χ2v) is 3.98. The molecule has 0 bridgehead atoms. The van der Waals surface area contributed by atoms with Gasteiger partial charge in [0, 0.05) is 5.69 Å². The molecule has 1 aromatic heterocycles. The Balaban J connectivity index is 2.17. The van der Waals surface area contributed by atoms with Crippen molar-refractivity contribution in [1.29, 1.82) is 0 Å². The highest BCUT2D eigenvalue weighted by Crippen LogP contribution is 2.30. The average Bonchev–Trinajstić information content (AvgIpc) is 2.87. The quantitative estimate of drug-likeness (QED) is 0.850. The van der Waals surface area contributed by atoms with Gasteiger partial charge in [-0.05, 0) is 30.3 Å². The Hall–Kier alpha value is -2.57. The number of amides is 1. The fourth-order valence-corrected chi connectivity index (χ4v) is 1.58. The molecule has 0 saturated heterocycles. The van der Waals surface area contributed by atoms with Crippen LogP contribution in [-0.2, 0) is 6.18 Å². The van der Waals surface area contributed by atoms with E-state index < -0.39 is 17.6 Å². The van der Waals surface area contributed by atoms with Gasteiger partial charge in [-0.2, -0.15) is 13.2 Å². The van der Waals surface area contributed by atoms with Gasteiger partial charge in [0.25, 0.3) is 5.91 Å². The number of aromatic nitrogens is 1. The van der Waals surface area contributed by atoms with E-state index in [0.29, 0.717) is 6.29 Å². The molecular formula is C13H9F3N2O2. The maximum atomic E-state index is 12.5. The third kappa shape index (κ3) is 3.05. The number of halogens is 3. The first-order valence-electron chi connectivity index (χ1n) is 5.53. The molecule has 104 valence electrons. The zero-order chi connectivity index (χ0) is 14.8. The van der Waals surface area contributed by atoms with Crippen molar-refractivity contribution < 1.29 is 22.8 Å². The Morgan fingerprint density at radius 3 is 2.55 bits per heavy atom. The standard InChI is InChI=1S/C13H9F3N2O2/c14-13(15,16)8-2-1-3-9(6-8)18-12(20)11-5-4-10(7-19)17-11/h1-7,17H,(H,18,20). The van der Waals surface area contributed by atoms with Gasteiger partial charge >= 0.3 is 6.18 Å². The summed E-state index contributed by atoms with van der Waals surface area (Å²) in [5.41, 5.74) is -0.536. The molecule has 1 amide bonds. The molecule has 0 aliphatic heterocycles. The molecule has 0 radical (unpaired) electrons. The molecule has 0 spiro atoms. The second kappa shape index (κ2) is 5.20. The van der Waals surface area contributed by atoms with E-state index in [1.54, 1.807) is 0 Å². The Morgan fingerprint density at radius 1 is 1.20 bits per heavy atom. The van der Waals surface area contributed by atoms with Gasteiger partial charge in [-0.15, -0.1) is 0 Å². The summed E-state index contributed by atoms with van der Waals surface area (Å²) in [5, 5.41) is 2.32. The summed E-state index contributed by atoms with van der Waals surface area (Å²) in [5.74, 6) is -0.627. The van der Waals surface area contributed by atoms with Crippen LogP contribution in [0.4, 0.5) is 18.9 Å². The number of nitrogens with one attached hydrogen (secondary N) is 2. The Kier molecular flexibility index (Phi) is 3.60. The van der Waals surface area contributed by atoms with Crippen molar-refractivity contribution in [2.45, 2.75) is 6.18 Å². The number of hydrogen-bond acceptors (Lipinski definition) is 2. The zero-order valence-corrected chi connectivity index (χ0v) is 9.99. The van der Waals surface area contributed by atoms with Crippen LogP contribution in [0, 0.1) is 0 Å². The minimum atomic E-state index is -4.47. The highest BCUT2D eigenvalue weighted by molar-refractivity contribution is 6.03. The predicted molar refractivity (Wildman–Crippen MR) is 65.6 cm³/mol. The molecule has 2 aromatic rings. The third-order valence-electron chi connectivity index (χ3n) is 2.53. The lowest BCUT2D eigenvalue weighted by molar-refractivity contribution is -0.137. The molecule has 7 heteroatoms. The van der Waals surface area contributed by atoms with Gasteiger partial charge in [0.1, 0.15) is 5.69 Å². The van der Waals surface area contributed by atoms with Crippen LogP contribution in [-0.4, -0.2) is 17.2 Å². The summed E-state index contributed by atoms with van der Waals surface area (Å²) in [7, 11) is 0. The lowest BCUT2D eigenvalue weighted by Crippen LogP contribution is -2.13. The highest BCUT2D eigenvalue weighted by Gasteiger charge is 2.30. The minimum absolute atomic E-state index is 0.0204. The van der Waals surface area contributed by atoms with Gasteiger partial charge in [0.15, 0.2) is 6.29 Å². The van der Waals surface area contributed by atoms with Crippen molar-refractivity contribution in [2.24, 2.45) is 0 Å². The molecule has 1 aromatic carbocycles. The average molecular weight is 282 g/mol. The number of alkyl halides is 3. The first kappa shape index (κ1) is 13.9. The van der Waals surface area contributed by atoms with Crippen LogP contribution in [0.1, 0.15) is 26.5 Å². The van der Waals surface area contributed by atoms with Crippen LogP contribution in [0.3, 0.4) is 0 Å². The monoisotopic (exact) mass is 282 g/mol. The number of carbonyl (C=O) groups excluding carboxylic acids is 2. The highest BCUT2D eigenvalue weighted by atomic mass is 19.4. The van der Waals surface area contributed by atoms with E-state index in [9.17, 15) is 22.8 Å². The summed E-state index contributed by atoms with van der Waals surface area (Å²) in [4.78, 5) is 24.8. The molecular weight excluding hydrogens is 273 g/mol. The van der Waals surface area contributed by atoms with E-state index in [1.165, 1.54) is 24.3 Å². The van der Waals surface area contributed by atoms with Crippen LogP contribution in [0.5, 0.6) is 0 Å². The van der Waals surface area contributed by atoms with Crippen LogP contribution in [0.15, 0.2) is 36.4 Å². The van der Waals surface area contributed by atoms with Crippen LogP contribution < -0.4 is 5.32 Å². The number of aldehydes is 1. The molecule has 4 nitrogen and oxygen atoms in total. The lowest BCUT2D eigenvalue weighted by atomic mass is 10.2. The molecule has 0 aliphatic rings. The summed E-state index contributed by atoms with van der Waals surface area (Å²) in [6.07, 6.45) is -3.95. The third-order valence-corrected chi connectivity index (χ3v) is 2.53. The number of carbonyl (C=O) groups is 2. The first-order valence-corrected chi connectivity index (χ1v) is 5.53. The van der Waals surface area contributed by atoms with Gasteiger partial charge in [0.2, 0.25) is 0 Å². The predicted octanol–water partition coefficient (Wildman–Crippen LogP) is 3.10. The smallest absolute Gasteiger partial charge is 0.348 e. The largest absolute Gasteiger partial charge is 0.416 e. The van der Waals surface area contributed by atoms with Gasteiger partial charge < -0.3 is 10.3 Å². The Bertz CT molecular complexity index is 647. The van der Waals surface area contributed by atoms with E-state index >= 15 is 0 Å². The molecule has 0 fully saturated rings. The number of anilines is 1. The first-order chi connectivity index (χ1) is 9.40. The van der Waals surface area contributed by atoms with Gasteiger partial charge in [-0.25, -0.2) is 0 Å². The van der Waals surface area contributed by atoms with Gasteiger partial charge in [0.05, 0.1) is 11.3 Å². The molecule has 20 heavy (non-hydrogen) atoms. The molecule has 0 aliphatic carbocycles. The van der Waals surface area contributed by atoms with Crippen molar-refractivity contribution in [3.05, 3.63) is 53.3 Å². The maximum absolute atomic E-state index is 12.5. The number of rotatable bonds is 3. The minimum Gasteiger partial charge on any atom is -0.348 e. The summed E-state index contributed by atoms with van der Waals surface area (Å²) >= 11 is 0. The number of hydrogen-bond donors (Lipinski definition) is 2. The molecule has 2 N–H and O–H groups in total. The molecule has 2 rings (SSSR count). The summed E-state index contributed by atoms with van der Waals surface area (Å²) in [6, 6.07) is 7.05. The zero-order valence-electron chi connectivity index (χ0n) is 9.99. The van der Waals surface area contributed by atoms with Crippen molar-refractivity contribution >= 4 is 17.9 Å². The number of benzene rings is 1. The number of H-pyrrole nitrogens is 1. The van der Waals surface area contributed by atoms with E-state index in [2.05, 4.69) is 10.3 Å². The normalized spacial score (nSPS) is 11.2. The molecule has 1 heterocycles. The molecule has 0 saturated carbocycles. The maximum Gasteiger partial charge on any atom is 0.416 e. The van der Waals surface area contributed by atoms with E-state index in [1.807, 2.05) is 0 Å². The van der Waals surface area contributed by atoms with E-state index in [-0.39, 0.29) is 17.1 Å². The lowest BCUT2D eigenvalue weighted by Gasteiger charge is -2.09. The molecule has 0 atom stereocenters. The van der Waals surface area contributed by atoms with Gasteiger partial charge in [-0.3, -0.25) is 9.59 Å². The van der Waals surface area contributed by atoms with Crippen molar-refractivity contribution in [2.75, 3.05) is 5.32 Å².